The standard InChI is InChI=1S/C13H16INO3/c1-15-7-4-9-8-10(16)11(17-2)12(18-3)13(9,15)5-6-14/h5-6,8H,4,7H2,1-3H3/b6-5+/t13-/m0/s1. The minimum Gasteiger partial charge on any atom is -0.494 e. The highest BCUT2D eigenvalue weighted by molar-refractivity contribution is 14.1. The second kappa shape index (κ2) is 5.05. The summed E-state index contributed by atoms with van der Waals surface area (Å²) in [7, 11) is 5.11. The van der Waals surface area contributed by atoms with Gasteiger partial charge in [-0.2, -0.15) is 0 Å². The molecule has 0 amide bonds. The highest BCUT2D eigenvalue weighted by atomic mass is 127. The van der Waals surface area contributed by atoms with Crippen LogP contribution in [0.2, 0.25) is 0 Å². The molecule has 1 atom stereocenters. The first kappa shape index (κ1) is 13.6. The quantitative estimate of drug-likeness (QED) is 0.722. The van der Waals surface area contributed by atoms with Crippen LogP contribution in [0.15, 0.2) is 33.3 Å². The maximum Gasteiger partial charge on any atom is 0.224 e. The third-order valence-corrected chi connectivity index (χ3v) is 3.96. The number of methoxy groups -OCH3 is 2. The smallest absolute Gasteiger partial charge is 0.224 e. The van der Waals surface area contributed by atoms with Crippen molar-refractivity contribution < 1.29 is 14.3 Å². The predicted molar refractivity (Wildman–Crippen MR) is 77.3 cm³/mol. The fourth-order valence-corrected chi connectivity index (χ4v) is 3.27. The van der Waals surface area contributed by atoms with Crippen molar-refractivity contribution in [2.45, 2.75) is 12.0 Å². The maximum absolute atomic E-state index is 12.0. The van der Waals surface area contributed by atoms with Gasteiger partial charge >= 0.3 is 0 Å². The van der Waals surface area contributed by atoms with Crippen LogP contribution in [0, 0.1) is 0 Å². The van der Waals surface area contributed by atoms with Crippen LogP contribution in [-0.4, -0.2) is 44.0 Å². The van der Waals surface area contributed by atoms with E-state index in [0.717, 1.165) is 18.5 Å². The van der Waals surface area contributed by atoms with Gasteiger partial charge in [-0.05, 0) is 35.3 Å². The number of hydrogen-bond acceptors (Lipinski definition) is 4. The molecule has 5 heteroatoms. The van der Waals surface area contributed by atoms with Gasteiger partial charge in [-0.3, -0.25) is 9.69 Å². The molecular weight excluding hydrogens is 345 g/mol. The van der Waals surface area contributed by atoms with Crippen molar-refractivity contribution in [3.63, 3.8) is 0 Å². The summed E-state index contributed by atoms with van der Waals surface area (Å²) in [5.41, 5.74) is 0.607. The molecule has 0 unspecified atom stereocenters. The van der Waals surface area contributed by atoms with Crippen LogP contribution < -0.4 is 0 Å². The molecular formula is C13H16INO3. The molecule has 1 heterocycles. The SMILES string of the molecule is COC1=C(OC)[C@]2(/C=C/I)C(=CC1=O)CCN2C. The zero-order chi connectivity index (χ0) is 13.3. The van der Waals surface area contributed by atoms with E-state index in [-0.39, 0.29) is 5.78 Å². The van der Waals surface area contributed by atoms with Crippen LogP contribution in [0.1, 0.15) is 6.42 Å². The summed E-state index contributed by atoms with van der Waals surface area (Å²) in [6.45, 7) is 0.893. The van der Waals surface area contributed by atoms with Gasteiger partial charge in [-0.15, -0.1) is 0 Å². The Morgan fingerprint density at radius 1 is 1.44 bits per heavy atom. The van der Waals surface area contributed by atoms with Gasteiger partial charge in [-0.1, -0.05) is 22.6 Å². The van der Waals surface area contributed by atoms with Crippen LogP contribution in [0.5, 0.6) is 0 Å². The average Bonchev–Trinajstić information content (AvgIpc) is 2.66. The summed E-state index contributed by atoms with van der Waals surface area (Å²) in [5, 5.41) is 0. The van der Waals surface area contributed by atoms with E-state index in [1.165, 1.54) is 7.11 Å². The minimum absolute atomic E-state index is 0.114. The Hall–Kier alpha value is -0.820. The van der Waals surface area contributed by atoms with Crippen molar-refractivity contribution in [1.82, 2.24) is 4.90 Å². The first-order valence-corrected chi connectivity index (χ1v) is 6.93. The fraction of sp³-hybridized carbons (Fsp3) is 0.462. The number of nitrogens with zero attached hydrogens (tertiary/aromatic N) is 1. The van der Waals surface area contributed by atoms with E-state index in [1.807, 2.05) is 11.1 Å². The number of rotatable bonds is 3. The molecule has 2 aliphatic rings. The van der Waals surface area contributed by atoms with Crippen LogP contribution in [-0.2, 0) is 14.3 Å². The van der Waals surface area contributed by atoms with Gasteiger partial charge < -0.3 is 9.47 Å². The maximum atomic E-state index is 12.0. The molecule has 1 saturated heterocycles. The summed E-state index contributed by atoms with van der Waals surface area (Å²) in [4.78, 5) is 14.2. The van der Waals surface area contributed by atoms with E-state index in [1.54, 1.807) is 13.2 Å². The van der Waals surface area contributed by atoms with Gasteiger partial charge in [-0.25, -0.2) is 0 Å². The molecule has 0 aromatic heterocycles. The lowest BCUT2D eigenvalue weighted by Crippen LogP contribution is -2.46. The Morgan fingerprint density at radius 3 is 2.72 bits per heavy atom. The van der Waals surface area contributed by atoms with Crippen molar-refractivity contribution in [3.8, 4) is 0 Å². The van der Waals surface area contributed by atoms with Gasteiger partial charge in [0.1, 0.15) is 5.54 Å². The summed E-state index contributed by atoms with van der Waals surface area (Å²) in [6.07, 6.45) is 4.60. The van der Waals surface area contributed by atoms with Crippen molar-refractivity contribution in [1.29, 1.82) is 0 Å². The number of likely N-dealkylation sites (tertiary alicyclic amines) is 1. The Labute approximate surface area is 120 Å². The molecule has 2 rings (SSSR count). The Kier molecular flexibility index (Phi) is 3.82. The highest BCUT2D eigenvalue weighted by Crippen LogP contribution is 2.45. The van der Waals surface area contributed by atoms with Gasteiger partial charge in [0.25, 0.3) is 0 Å². The van der Waals surface area contributed by atoms with Crippen molar-refractivity contribution in [2.24, 2.45) is 0 Å². The lowest BCUT2D eigenvalue weighted by atomic mass is 9.83. The van der Waals surface area contributed by atoms with Crippen LogP contribution in [0.25, 0.3) is 0 Å². The molecule has 1 fully saturated rings. The average molecular weight is 361 g/mol. The van der Waals surface area contributed by atoms with Gasteiger partial charge in [0.05, 0.1) is 14.2 Å². The molecule has 0 aromatic rings. The summed E-state index contributed by atoms with van der Waals surface area (Å²) < 4.78 is 12.7. The first-order valence-electron chi connectivity index (χ1n) is 5.69. The number of fused-ring (bicyclic) bond motifs is 1. The number of hydrogen-bond donors (Lipinski definition) is 0. The van der Waals surface area contributed by atoms with Crippen molar-refractivity contribution in [2.75, 3.05) is 27.8 Å². The van der Waals surface area contributed by atoms with E-state index < -0.39 is 5.54 Å². The fourth-order valence-electron chi connectivity index (χ4n) is 2.75. The van der Waals surface area contributed by atoms with Crippen molar-refractivity contribution in [3.05, 3.63) is 33.3 Å². The number of ketones is 1. The monoisotopic (exact) mass is 361 g/mol. The molecule has 1 aliphatic carbocycles. The van der Waals surface area contributed by atoms with E-state index in [4.69, 9.17) is 9.47 Å². The minimum atomic E-state index is -0.463. The van der Waals surface area contributed by atoms with E-state index in [2.05, 4.69) is 33.6 Å². The number of halogens is 1. The third-order valence-electron chi connectivity index (χ3n) is 3.60. The predicted octanol–water partition coefficient (Wildman–Crippen LogP) is 2.02. The molecule has 0 radical (unpaired) electrons. The Bertz CT molecular complexity index is 467. The zero-order valence-corrected chi connectivity index (χ0v) is 12.9. The van der Waals surface area contributed by atoms with E-state index in [9.17, 15) is 4.79 Å². The summed E-state index contributed by atoms with van der Waals surface area (Å²) in [6, 6.07) is 0. The Morgan fingerprint density at radius 2 is 2.17 bits per heavy atom. The second-order valence-electron chi connectivity index (χ2n) is 4.33. The summed E-state index contributed by atoms with van der Waals surface area (Å²) >= 11 is 2.18. The molecule has 98 valence electrons. The zero-order valence-electron chi connectivity index (χ0n) is 10.7. The summed E-state index contributed by atoms with van der Waals surface area (Å²) in [5.74, 6) is 0.766. The van der Waals surface area contributed by atoms with E-state index >= 15 is 0 Å². The molecule has 18 heavy (non-hydrogen) atoms. The number of allylic oxidation sites excluding steroid dienone is 1. The highest BCUT2D eigenvalue weighted by Gasteiger charge is 2.50. The molecule has 0 spiro atoms. The topological polar surface area (TPSA) is 38.8 Å². The molecule has 4 nitrogen and oxygen atoms in total. The number of ether oxygens (including phenoxy) is 2. The lowest BCUT2D eigenvalue weighted by molar-refractivity contribution is -0.115. The first-order chi connectivity index (χ1) is 8.61. The largest absolute Gasteiger partial charge is 0.494 e. The Balaban J connectivity index is 2.68. The van der Waals surface area contributed by atoms with Gasteiger partial charge in [0.2, 0.25) is 11.5 Å². The number of carbonyl (C=O) groups excluding carboxylic acids is 1. The molecule has 0 aromatic carbocycles. The number of likely N-dealkylation sites (N-methyl/N-ethyl adjacent to an activating group) is 1. The normalized spacial score (nSPS) is 28.7. The number of carbonyl (C=O) groups is 1. The third kappa shape index (κ3) is 1.72. The molecule has 0 N–H and O–H groups in total. The molecule has 1 aliphatic heterocycles. The van der Waals surface area contributed by atoms with Gasteiger partial charge in [0, 0.05) is 6.54 Å². The second-order valence-corrected chi connectivity index (χ2v) is 5.05. The van der Waals surface area contributed by atoms with E-state index in [0.29, 0.717) is 11.5 Å². The van der Waals surface area contributed by atoms with Crippen LogP contribution in [0.4, 0.5) is 0 Å². The van der Waals surface area contributed by atoms with Crippen LogP contribution in [0.3, 0.4) is 0 Å². The molecule has 0 bridgehead atoms. The van der Waals surface area contributed by atoms with Crippen molar-refractivity contribution >= 4 is 28.4 Å². The molecule has 0 saturated carbocycles. The van der Waals surface area contributed by atoms with Gasteiger partial charge in [0.15, 0.2) is 5.76 Å². The van der Waals surface area contributed by atoms with Crippen LogP contribution >= 0.6 is 22.6 Å². The lowest BCUT2D eigenvalue weighted by Gasteiger charge is -2.38.